The second-order valence-electron chi connectivity index (χ2n) is 2.63. The number of nitrogens with two attached hydrogens (primary N) is 1. The van der Waals surface area contributed by atoms with Crippen molar-refractivity contribution in [2.75, 3.05) is 5.73 Å². The van der Waals surface area contributed by atoms with Crippen LogP contribution >= 0.6 is 0 Å². The summed E-state index contributed by atoms with van der Waals surface area (Å²) in [6.45, 7) is 1.28. The van der Waals surface area contributed by atoms with E-state index in [-0.39, 0.29) is 11.4 Å². The summed E-state index contributed by atoms with van der Waals surface area (Å²) < 4.78 is 24.6. The summed E-state index contributed by atoms with van der Waals surface area (Å²) in [5.41, 5.74) is 3.87. The third kappa shape index (κ3) is 1.61. The fraction of sp³-hybridized carbons (Fsp3) is 0.286. The number of aromatic nitrogens is 1. The lowest BCUT2D eigenvalue weighted by Crippen LogP contribution is -2.04. The van der Waals surface area contributed by atoms with Gasteiger partial charge >= 0.3 is 0 Å². The number of nitrogen functional groups attached to an aromatic ring is 1. The van der Waals surface area contributed by atoms with Gasteiger partial charge in [0.15, 0.2) is 0 Å². The van der Waals surface area contributed by atoms with Crippen LogP contribution in [0.2, 0.25) is 0 Å². The summed E-state index contributed by atoms with van der Waals surface area (Å²) in [5, 5.41) is 10.5. The van der Waals surface area contributed by atoms with Crippen LogP contribution in [0, 0.1) is 17.0 Å². The molecule has 7 heteroatoms. The van der Waals surface area contributed by atoms with Crippen molar-refractivity contribution in [1.29, 1.82) is 0 Å². The molecule has 0 fully saturated rings. The standard InChI is InChI=1S/C7H7F2N3O2/c1-3-5(12(13)14)4(6(8)9)2-11-7(3)10/h2,6H,1H3,(H2,10,11). The third-order valence-corrected chi connectivity index (χ3v) is 1.77. The number of halogens is 2. The SMILES string of the molecule is Cc1c(N)ncc(C(F)F)c1[N+](=O)[O-]. The van der Waals surface area contributed by atoms with E-state index in [9.17, 15) is 18.9 Å². The van der Waals surface area contributed by atoms with Crippen LogP contribution in [0.15, 0.2) is 6.20 Å². The van der Waals surface area contributed by atoms with E-state index in [2.05, 4.69) is 4.98 Å². The molecule has 2 N–H and O–H groups in total. The summed E-state index contributed by atoms with van der Waals surface area (Å²) in [4.78, 5) is 13.0. The molecule has 0 atom stereocenters. The first-order valence-electron chi connectivity index (χ1n) is 3.62. The van der Waals surface area contributed by atoms with Gasteiger partial charge in [-0.2, -0.15) is 0 Å². The molecule has 0 aromatic carbocycles. The Morgan fingerprint density at radius 3 is 2.64 bits per heavy atom. The molecule has 0 aliphatic rings. The first kappa shape index (κ1) is 10.3. The minimum Gasteiger partial charge on any atom is -0.383 e. The number of nitrogens with zero attached hydrogens (tertiary/aromatic N) is 2. The fourth-order valence-corrected chi connectivity index (χ4v) is 1.04. The van der Waals surface area contributed by atoms with Gasteiger partial charge in [-0.25, -0.2) is 13.8 Å². The van der Waals surface area contributed by atoms with Crippen LogP contribution < -0.4 is 5.73 Å². The lowest BCUT2D eigenvalue weighted by molar-refractivity contribution is -0.386. The Balaban J connectivity index is 3.45. The highest BCUT2D eigenvalue weighted by Gasteiger charge is 2.25. The maximum absolute atomic E-state index is 12.3. The number of nitro groups is 1. The Bertz CT molecular complexity index is 381. The van der Waals surface area contributed by atoms with Crippen LogP contribution in [-0.2, 0) is 0 Å². The molecular weight excluding hydrogens is 196 g/mol. The van der Waals surface area contributed by atoms with E-state index in [1.165, 1.54) is 6.92 Å². The van der Waals surface area contributed by atoms with Crippen molar-refractivity contribution in [2.45, 2.75) is 13.3 Å². The number of pyridine rings is 1. The van der Waals surface area contributed by atoms with Crippen molar-refractivity contribution in [2.24, 2.45) is 0 Å². The summed E-state index contributed by atoms with van der Waals surface area (Å²) in [6.07, 6.45) is -2.20. The predicted octanol–water partition coefficient (Wildman–Crippen LogP) is 1.82. The number of anilines is 1. The van der Waals surface area contributed by atoms with Crippen molar-refractivity contribution >= 4 is 11.5 Å². The van der Waals surface area contributed by atoms with E-state index < -0.39 is 22.6 Å². The highest BCUT2D eigenvalue weighted by atomic mass is 19.3. The fourth-order valence-electron chi connectivity index (χ4n) is 1.04. The van der Waals surface area contributed by atoms with Crippen molar-refractivity contribution in [1.82, 2.24) is 4.98 Å². The van der Waals surface area contributed by atoms with Gasteiger partial charge in [0.25, 0.3) is 12.1 Å². The quantitative estimate of drug-likeness (QED) is 0.587. The van der Waals surface area contributed by atoms with Crippen LogP contribution in [0.25, 0.3) is 0 Å². The molecule has 1 rings (SSSR count). The normalized spacial score (nSPS) is 10.6. The molecule has 0 unspecified atom stereocenters. The smallest absolute Gasteiger partial charge is 0.286 e. The maximum atomic E-state index is 12.3. The van der Waals surface area contributed by atoms with E-state index in [0.29, 0.717) is 0 Å². The Hall–Kier alpha value is -1.79. The molecule has 1 aromatic rings. The predicted molar refractivity (Wildman–Crippen MR) is 45.0 cm³/mol. The second kappa shape index (κ2) is 3.52. The number of alkyl halides is 2. The summed E-state index contributed by atoms with van der Waals surface area (Å²) in [6, 6.07) is 0. The third-order valence-electron chi connectivity index (χ3n) is 1.77. The zero-order valence-corrected chi connectivity index (χ0v) is 7.20. The average molecular weight is 203 g/mol. The zero-order chi connectivity index (χ0) is 10.9. The molecule has 0 amide bonds. The first-order valence-corrected chi connectivity index (χ1v) is 3.62. The Labute approximate surface area is 77.7 Å². The lowest BCUT2D eigenvalue weighted by atomic mass is 10.1. The average Bonchev–Trinajstić information content (AvgIpc) is 2.08. The van der Waals surface area contributed by atoms with Gasteiger partial charge < -0.3 is 5.73 Å². The van der Waals surface area contributed by atoms with Gasteiger partial charge in [0.05, 0.1) is 10.5 Å². The van der Waals surface area contributed by atoms with E-state index in [1.807, 2.05) is 0 Å². The van der Waals surface area contributed by atoms with Crippen LogP contribution in [0.3, 0.4) is 0 Å². The van der Waals surface area contributed by atoms with Crippen LogP contribution in [0.5, 0.6) is 0 Å². The molecule has 14 heavy (non-hydrogen) atoms. The van der Waals surface area contributed by atoms with Gasteiger partial charge in [0, 0.05) is 6.20 Å². The number of hydrogen-bond acceptors (Lipinski definition) is 4. The van der Waals surface area contributed by atoms with Gasteiger partial charge in [0.1, 0.15) is 11.4 Å². The molecule has 0 bridgehead atoms. The largest absolute Gasteiger partial charge is 0.383 e. The van der Waals surface area contributed by atoms with Gasteiger partial charge in [-0.3, -0.25) is 10.1 Å². The van der Waals surface area contributed by atoms with Gasteiger partial charge in [0.2, 0.25) is 0 Å². The molecule has 0 spiro atoms. The minimum absolute atomic E-state index is 0.0344. The van der Waals surface area contributed by atoms with E-state index in [0.717, 1.165) is 6.20 Å². The van der Waals surface area contributed by atoms with Crippen molar-refractivity contribution in [3.05, 3.63) is 27.4 Å². The van der Waals surface area contributed by atoms with Gasteiger partial charge in [-0.15, -0.1) is 0 Å². The Kier molecular flexibility index (Phi) is 2.59. The first-order chi connectivity index (χ1) is 6.45. The highest BCUT2D eigenvalue weighted by molar-refractivity contribution is 5.56. The van der Waals surface area contributed by atoms with Crippen LogP contribution in [-0.4, -0.2) is 9.91 Å². The lowest BCUT2D eigenvalue weighted by Gasteiger charge is -2.05. The molecule has 0 saturated heterocycles. The minimum atomic E-state index is -2.93. The van der Waals surface area contributed by atoms with Crippen LogP contribution in [0.4, 0.5) is 20.3 Å². The molecular formula is C7H7F2N3O2. The summed E-state index contributed by atoms with van der Waals surface area (Å²) in [5.74, 6) is -0.110. The summed E-state index contributed by atoms with van der Waals surface area (Å²) >= 11 is 0. The Morgan fingerprint density at radius 1 is 1.64 bits per heavy atom. The molecule has 0 radical (unpaired) electrons. The van der Waals surface area contributed by atoms with Gasteiger partial charge in [-0.1, -0.05) is 0 Å². The molecule has 1 heterocycles. The Morgan fingerprint density at radius 2 is 2.21 bits per heavy atom. The molecule has 0 saturated carbocycles. The van der Waals surface area contributed by atoms with E-state index in [1.54, 1.807) is 0 Å². The molecule has 0 aliphatic carbocycles. The number of rotatable bonds is 2. The maximum Gasteiger partial charge on any atom is 0.286 e. The molecule has 76 valence electrons. The molecule has 0 aliphatic heterocycles. The molecule has 1 aromatic heterocycles. The second-order valence-corrected chi connectivity index (χ2v) is 2.63. The van der Waals surface area contributed by atoms with Gasteiger partial charge in [-0.05, 0) is 6.92 Å². The topological polar surface area (TPSA) is 82.0 Å². The van der Waals surface area contributed by atoms with Crippen molar-refractivity contribution < 1.29 is 13.7 Å². The number of hydrogen-bond donors (Lipinski definition) is 1. The van der Waals surface area contributed by atoms with Crippen molar-refractivity contribution in [3.63, 3.8) is 0 Å². The summed E-state index contributed by atoms with van der Waals surface area (Å²) in [7, 11) is 0. The van der Waals surface area contributed by atoms with E-state index >= 15 is 0 Å². The highest BCUT2D eigenvalue weighted by Crippen LogP contribution is 2.32. The van der Waals surface area contributed by atoms with Crippen molar-refractivity contribution in [3.8, 4) is 0 Å². The van der Waals surface area contributed by atoms with Crippen LogP contribution in [0.1, 0.15) is 17.6 Å². The zero-order valence-electron chi connectivity index (χ0n) is 7.20. The molecule has 5 nitrogen and oxygen atoms in total. The van der Waals surface area contributed by atoms with E-state index in [4.69, 9.17) is 5.73 Å². The monoisotopic (exact) mass is 203 g/mol.